The minimum atomic E-state index is 0.326. The van der Waals surface area contributed by atoms with Crippen molar-refractivity contribution in [3.8, 4) is 31.6 Å². The lowest BCUT2D eigenvalue weighted by atomic mass is 9.92. The van der Waals surface area contributed by atoms with E-state index in [2.05, 4.69) is 69.7 Å². The molecule has 0 atom stereocenters. The molecule has 6 heterocycles. The first-order valence-corrected chi connectivity index (χ1v) is 19.1. The van der Waals surface area contributed by atoms with Gasteiger partial charge in [0.1, 0.15) is 27.9 Å². The Morgan fingerprint density at radius 2 is 1.11 bits per heavy atom. The molecule has 0 bridgehead atoms. The van der Waals surface area contributed by atoms with Crippen LogP contribution in [-0.4, -0.2) is 21.4 Å². The molecular weight excluding hydrogens is 717 g/mol. The molecule has 0 aromatic carbocycles. The first kappa shape index (κ1) is 31.3. The molecule has 47 heavy (non-hydrogen) atoms. The topological polar surface area (TPSA) is 110 Å². The van der Waals surface area contributed by atoms with Crippen LogP contribution < -0.4 is 0 Å². The SMILES string of the molecule is N#C/C(=C\c1ccc(-c2ccc(C3=CC=C(c4ccc(-c5ccc(/C=C(\C#N)c6nccs6)s5)s4)C(=NS)C3=N)s2)s1)c1nccs1. The van der Waals surface area contributed by atoms with E-state index in [1.54, 1.807) is 57.7 Å². The normalized spacial score (nSPS) is 14.6. The molecule has 1 aliphatic carbocycles. The molecule has 0 unspecified atom stereocenters. The fraction of sp³-hybridized carbons (Fsp3) is 0. The fourth-order valence-electron chi connectivity index (χ4n) is 4.74. The first-order chi connectivity index (χ1) is 23.0. The van der Waals surface area contributed by atoms with Crippen molar-refractivity contribution in [3.05, 3.63) is 113 Å². The molecule has 0 fully saturated rings. The minimum Gasteiger partial charge on any atom is -0.298 e. The molecule has 1 N–H and O–H groups in total. The van der Waals surface area contributed by atoms with Gasteiger partial charge in [-0.15, -0.1) is 68.0 Å². The predicted octanol–water partition coefficient (Wildman–Crippen LogP) is 11.1. The zero-order valence-corrected chi connectivity index (χ0v) is 29.7. The maximum Gasteiger partial charge on any atom is 0.133 e. The quantitative estimate of drug-likeness (QED) is 0.0921. The summed E-state index contributed by atoms with van der Waals surface area (Å²) in [5.74, 6) is 0. The number of thiol groups is 1. The number of nitrogens with zero attached hydrogens (tertiary/aromatic N) is 5. The van der Waals surface area contributed by atoms with Crippen LogP contribution in [0.1, 0.15) is 29.5 Å². The zero-order valence-electron chi connectivity index (χ0n) is 23.9. The van der Waals surface area contributed by atoms with Gasteiger partial charge in [0.05, 0.1) is 16.9 Å². The Balaban J connectivity index is 1.12. The van der Waals surface area contributed by atoms with Crippen LogP contribution in [0.15, 0.2) is 88.2 Å². The highest BCUT2D eigenvalue weighted by Gasteiger charge is 2.25. The molecule has 1 aliphatic rings. The van der Waals surface area contributed by atoms with E-state index in [9.17, 15) is 10.5 Å². The van der Waals surface area contributed by atoms with E-state index in [-0.39, 0.29) is 0 Å². The van der Waals surface area contributed by atoms with Gasteiger partial charge in [-0.2, -0.15) is 10.5 Å². The van der Waals surface area contributed by atoms with Gasteiger partial charge in [-0.25, -0.2) is 14.4 Å². The summed E-state index contributed by atoms with van der Waals surface area (Å²) < 4.78 is 4.25. The lowest BCUT2D eigenvalue weighted by Crippen LogP contribution is -2.18. The lowest BCUT2D eigenvalue weighted by Gasteiger charge is -2.16. The van der Waals surface area contributed by atoms with Crippen LogP contribution in [0.4, 0.5) is 0 Å². The van der Waals surface area contributed by atoms with Gasteiger partial charge in [0.2, 0.25) is 0 Å². The van der Waals surface area contributed by atoms with E-state index in [1.165, 1.54) is 22.7 Å². The third-order valence-corrected chi connectivity index (χ3v) is 13.4. The summed E-state index contributed by atoms with van der Waals surface area (Å²) in [7, 11) is 0. The highest BCUT2D eigenvalue weighted by atomic mass is 32.1. The van der Waals surface area contributed by atoms with Crippen molar-refractivity contribution in [2.75, 3.05) is 0 Å². The summed E-state index contributed by atoms with van der Waals surface area (Å²) in [5, 5.41) is 33.4. The standard InChI is InChI=1S/C34H18N6S7/c35-17-19(33-38-11-13-42-33)15-21-1-5-27(44-21)29-9-7-25(46-29)23-3-4-24(32(40-41)31(23)37)26-8-10-30(47-26)28-6-2-22(45-28)16-20(18-36)34-39-12-14-43-34/h1-16,37,41H/b19-15+,20-16+,37-31?,40-32?. The molecule has 6 nitrogen and oxygen atoms in total. The number of nitriles is 2. The third kappa shape index (κ3) is 6.48. The number of nitrogens with one attached hydrogen (secondary N) is 1. The van der Waals surface area contributed by atoms with Gasteiger partial charge >= 0.3 is 0 Å². The van der Waals surface area contributed by atoms with Crippen molar-refractivity contribution >= 4 is 127 Å². The summed E-state index contributed by atoms with van der Waals surface area (Å²) in [5.41, 5.74) is 3.61. The highest BCUT2D eigenvalue weighted by Crippen LogP contribution is 2.41. The summed E-state index contributed by atoms with van der Waals surface area (Å²) in [6.45, 7) is 0. The Kier molecular flexibility index (Phi) is 9.20. The van der Waals surface area contributed by atoms with Gasteiger partial charge in [0.15, 0.2) is 0 Å². The Morgan fingerprint density at radius 3 is 1.57 bits per heavy atom. The Hall–Kier alpha value is -4.31. The van der Waals surface area contributed by atoms with Crippen molar-refractivity contribution in [1.29, 1.82) is 15.9 Å². The van der Waals surface area contributed by atoms with Crippen molar-refractivity contribution in [3.63, 3.8) is 0 Å². The van der Waals surface area contributed by atoms with Crippen LogP contribution in [0.2, 0.25) is 0 Å². The molecule has 6 aromatic rings. The number of thiophene rings is 4. The number of hydrogen-bond acceptors (Lipinski definition) is 13. The second kappa shape index (κ2) is 13.8. The fourth-order valence-corrected chi connectivity index (χ4v) is 10.3. The molecule has 0 spiro atoms. The van der Waals surface area contributed by atoms with Crippen molar-refractivity contribution in [2.24, 2.45) is 4.40 Å². The van der Waals surface area contributed by atoms with Crippen LogP contribution in [0.25, 0.3) is 54.0 Å². The van der Waals surface area contributed by atoms with E-state index in [1.807, 2.05) is 53.3 Å². The molecule has 0 saturated heterocycles. The molecule has 226 valence electrons. The van der Waals surface area contributed by atoms with E-state index in [0.29, 0.717) is 32.6 Å². The molecule has 0 saturated carbocycles. The number of aromatic nitrogens is 2. The number of rotatable bonds is 8. The van der Waals surface area contributed by atoms with Gasteiger partial charge in [-0.1, -0.05) is 12.2 Å². The minimum absolute atomic E-state index is 0.326. The van der Waals surface area contributed by atoms with Gasteiger partial charge in [0, 0.05) is 73.3 Å². The number of hydrogen-bond donors (Lipinski definition) is 2. The molecule has 0 amide bonds. The summed E-state index contributed by atoms with van der Waals surface area (Å²) in [4.78, 5) is 16.8. The molecule has 6 aromatic heterocycles. The van der Waals surface area contributed by atoms with E-state index >= 15 is 0 Å². The predicted molar refractivity (Wildman–Crippen MR) is 207 cm³/mol. The second-order valence-corrected chi connectivity index (χ2v) is 16.1. The summed E-state index contributed by atoms with van der Waals surface area (Å²) in [6, 6.07) is 20.9. The molecule has 0 aliphatic heterocycles. The van der Waals surface area contributed by atoms with Crippen molar-refractivity contribution in [2.45, 2.75) is 0 Å². The van der Waals surface area contributed by atoms with Crippen LogP contribution >= 0.6 is 80.8 Å². The van der Waals surface area contributed by atoms with E-state index in [4.69, 9.17) is 5.41 Å². The molecule has 7 rings (SSSR count). The second-order valence-electron chi connectivity index (χ2n) is 9.73. The first-order valence-electron chi connectivity index (χ1n) is 13.7. The van der Waals surface area contributed by atoms with Crippen LogP contribution in [-0.2, 0) is 0 Å². The van der Waals surface area contributed by atoms with Crippen LogP contribution in [0.3, 0.4) is 0 Å². The lowest BCUT2D eigenvalue weighted by molar-refractivity contribution is 1.38. The number of allylic oxidation sites excluding steroid dienone is 6. The largest absolute Gasteiger partial charge is 0.298 e. The zero-order chi connectivity index (χ0) is 32.3. The Labute approximate surface area is 299 Å². The van der Waals surface area contributed by atoms with Gasteiger partial charge < -0.3 is 0 Å². The smallest absolute Gasteiger partial charge is 0.133 e. The monoisotopic (exact) mass is 734 g/mol. The van der Waals surface area contributed by atoms with Crippen LogP contribution in [0.5, 0.6) is 0 Å². The average molecular weight is 735 g/mol. The van der Waals surface area contributed by atoms with E-state index in [0.717, 1.165) is 50.2 Å². The molecule has 13 heteroatoms. The van der Waals surface area contributed by atoms with Crippen molar-refractivity contribution in [1.82, 2.24) is 9.97 Å². The van der Waals surface area contributed by atoms with Gasteiger partial charge in [-0.3, -0.25) is 5.41 Å². The average Bonchev–Trinajstić information content (AvgIpc) is 3.94. The Bertz CT molecular complexity index is 2350. The maximum absolute atomic E-state index is 9.61. The van der Waals surface area contributed by atoms with Crippen molar-refractivity contribution < 1.29 is 0 Å². The Morgan fingerprint density at radius 1 is 0.660 bits per heavy atom. The molecular formula is C34H18N6S7. The summed E-state index contributed by atoms with van der Waals surface area (Å²) >= 11 is 13.7. The number of thiazole rings is 2. The van der Waals surface area contributed by atoms with E-state index < -0.39 is 0 Å². The third-order valence-electron chi connectivity index (χ3n) is 6.90. The van der Waals surface area contributed by atoms with Gasteiger partial charge in [-0.05, 0) is 73.5 Å². The van der Waals surface area contributed by atoms with Crippen LogP contribution in [0, 0.1) is 28.1 Å². The maximum atomic E-state index is 9.61. The van der Waals surface area contributed by atoms with Gasteiger partial charge in [0.25, 0.3) is 0 Å². The summed E-state index contributed by atoms with van der Waals surface area (Å²) in [6.07, 6.45) is 11.2. The highest BCUT2D eigenvalue weighted by molar-refractivity contribution is 7.79. The molecule has 0 radical (unpaired) electrons.